The van der Waals surface area contributed by atoms with Gasteiger partial charge in [-0.05, 0) is 43.5 Å². The smallest absolute Gasteiger partial charge is 0.270 e. The maximum Gasteiger partial charge on any atom is 0.270 e. The Balaban J connectivity index is 0.000000456. The van der Waals surface area contributed by atoms with Gasteiger partial charge in [-0.25, -0.2) is 20.9 Å². The third kappa shape index (κ3) is 9.95. The number of ether oxygens (including phenoxy) is 1. The first-order valence-electron chi connectivity index (χ1n) is 11.5. The van der Waals surface area contributed by atoms with Crippen LogP contribution in [0.3, 0.4) is 0 Å². The number of hydrazone groups is 1. The quantitative estimate of drug-likeness (QED) is 0.188. The predicted octanol–water partition coefficient (Wildman–Crippen LogP) is 1.60. The molecule has 1 fully saturated rings. The highest BCUT2D eigenvalue weighted by atomic mass is 16.5. The average Bonchev–Trinajstić information content (AvgIpc) is 2.86. The number of hydrogen-bond donors (Lipinski definition) is 4. The monoisotopic (exact) mass is 482 g/mol. The third-order valence-corrected chi connectivity index (χ3v) is 5.10. The Hall–Kier alpha value is -3.75. The molecule has 35 heavy (non-hydrogen) atoms. The van der Waals surface area contributed by atoms with E-state index in [1.165, 1.54) is 32.4 Å². The number of amidine groups is 1. The lowest BCUT2D eigenvalue weighted by Crippen LogP contribution is -2.28. The van der Waals surface area contributed by atoms with Gasteiger partial charge in [0.1, 0.15) is 29.6 Å². The Kier molecular flexibility index (Phi) is 11.4. The Morgan fingerprint density at radius 1 is 1.29 bits per heavy atom. The number of hydrogen-bond acceptors (Lipinski definition) is 9. The number of nitriles is 1. The Morgan fingerprint density at radius 3 is 2.63 bits per heavy atom. The van der Waals surface area contributed by atoms with Crippen molar-refractivity contribution < 1.29 is 14.6 Å². The van der Waals surface area contributed by atoms with Gasteiger partial charge in [0.2, 0.25) is 0 Å². The Bertz CT molecular complexity index is 1030. The van der Waals surface area contributed by atoms with Gasteiger partial charge in [0.05, 0.1) is 12.7 Å². The summed E-state index contributed by atoms with van der Waals surface area (Å²) in [4.78, 5) is 20.7. The summed E-state index contributed by atoms with van der Waals surface area (Å²) in [5, 5.41) is 25.0. The SMILES string of the molecule is Cc1nc(C(=O)NCc2cccc(OCCO)c2)cc(/C(N)=N/N(C)N)n1.N#CC1CCCCC1. The van der Waals surface area contributed by atoms with Crippen molar-refractivity contribution in [3.63, 3.8) is 0 Å². The summed E-state index contributed by atoms with van der Waals surface area (Å²) < 4.78 is 5.35. The molecule has 0 radical (unpaired) electrons. The van der Waals surface area contributed by atoms with Gasteiger partial charge in [0.25, 0.3) is 5.91 Å². The van der Waals surface area contributed by atoms with Crippen molar-refractivity contribution in [2.75, 3.05) is 20.3 Å². The summed E-state index contributed by atoms with van der Waals surface area (Å²) in [6.07, 6.45) is 6.20. The van der Waals surface area contributed by atoms with E-state index < -0.39 is 0 Å². The van der Waals surface area contributed by atoms with Crippen molar-refractivity contribution in [3.05, 3.63) is 53.1 Å². The van der Waals surface area contributed by atoms with E-state index in [1.807, 2.05) is 12.1 Å². The zero-order valence-electron chi connectivity index (χ0n) is 20.3. The minimum atomic E-state index is -0.377. The number of hydrazine groups is 1. The highest BCUT2D eigenvalue weighted by molar-refractivity contribution is 5.99. The predicted molar refractivity (Wildman–Crippen MR) is 132 cm³/mol. The molecular weight excluding hydrogens is 448 g/mol. The van der Waals surface area contributed by atoms with Crippen LogP contribution >= 0.6 is 0 Å². The van der Waals surface area contributed by atoms with Crippen LogP contribution in [0.2, 0.25) is 0 Å². The standard InChI is InChI=1S/C17H23N7O3.C7H11N/c1-11-21-14(16(18)23-24(2)19)9-15(22-11)17(26)20-10-12-4-3-5-13(8-12)27-7-6-25;8-6-7-4-2-1-3-5-7/h3-5,8-9,25H,6-7,10,19H2,1-2H3,(H2,18,23)(H,20,26);7H,1-5H2. The molecule has 3 rings (SSSR count). The van der Waals surface area contributed by atoms with Gasteiger partial charge < -0.3 is 20.9 Å². The molecule has 0 saturated heterocycles. The number of aliphatic hydroxyl groups is 1. The highest BCUT2D eigenvalue weighted by Crippen LogP contribution is 2.22. The first-order chi connectivity index (χ1) is 16.8. The second-order valence-electron chi connectivity index (χ2n) is 8.11. The van der Waals surface area contributed by atoms with Gasteiger partial charge in [0.15, 0.2) is 5.84 Å². The van der Waals surface area contributed by atoms with Crippen molar-refractivity contribution in [1.82, 2.24) is 20.4 Å². The molecule has 0 bridgehead atoms. The van der Waals surface area contributed by atoms with Crippen molar-refractivity contribution >= 4 is 11.7 Å². The van der Waals surface area contributed by atoms with Crippen molar-refractivity contribution in [2.45, 2.75) is 45.6 Å². The number of nitrogens with two attached hydrogens (primary N) is 2. The van der Waals surface area contributed by atoms with Crippen LogP contribution < -0.4 is 21.6 Å². The molecule has 1 aliphatic carbocycles. The molecule has 188 valence electrons. The van der Waals surface area contributed by atoms with Gasteiger partial charge >= 0.3 is 0 Å². The minimum absolute atomic E-state index is 0.0667. The van der Waals surface area contributed by atoms with Crippen LogP contribution in [0, 0.1) is 24.2 Å². The van der Waals surface area contributed by atoms with E-state index in [0.717, 1.165) is 23.5 Å². The Labute approximate surface area is 205 Å². The summed E-state index contributed by atoms with van der Waals surface area (Å²) in [6, 6.07) is 11.0. The molecule has 11 nitrogen and oxygen atoms in total. The molecule has 0 spiro atoms. The second-order valence-corrected chi connectivity index (χ2v) is 8.11. The van der Waals surface area contributed by atoms with Crippen LogP contribution in [0.15, 0.2) is 35.4 Å². The molecule has 0 atom stereocenters. The van der Waals surface area contributed by atoms with Gasteiger partial charge in [0, 0.05) is 19.5 Å². The van der Waals surface area contributed by atoms with Crippen LogP contribution in [0.5, 0.6) is 5.75 Å². The van der Waals surface area contributed by atoms with E-state index in [2.05, 4.69) is 26.5 Å². The molecule has 1 saturated carbocycles. The number of nitrogens with zero attached hydrogens (tertiary/aromatic N) is 5. The van der Waals surface area contributed by atoms with E-state index in [4.69, 9.17) is 26.7 Å². The summed E-state index contributed by atoms with van der Waals surface area (Å²) in [7, 11) is 1.52. The lowest BCUT2D eigenvalue weighted by atomic mass is 9.91. The zero-order chi connectivity index (χ0) is 25.6. The maximum absolute atomic E-state index is 12.4. The molecule has 1 aromatic heterocycles. The summed E-state index contributed by atoms with van der Waals surface area (Å²) in [5.41, 5.74) is 7.15. The second kappa shape index (κ2) is 14.5. The van der Waals surface area contributed by atoms with E-state index in [0.29, 0.717) is 23.2 Å². The van der Waals surface area contributed by atoms with Gasteiger partial charge in [-0.3, -0.25) is 4.79 Å². The van der Waals surface area contributed by atoms with E-state index in [-0.39, 0.29) is 37.2 Å². The molecule has 0 aliphatic heterocycles. The van der Waals surface area contributed by atoms with Crippen LogP contribution in [0.25, 0.3) is 0 Å². The molecule has 1 amide bonds. The number of carbonyl (C=O) groups is 1. The molecular formula is C24H34N8O3. The fraction of sp³-hybridized carbons (Fsp3) is 0.458. The largest absolute Gasteiger partial charge is 0.491 e. The van der Waals surface area contributed by atoms with E-state index in [9.17, 15) is 4.79 Å². The van der Waals surface area contributed by atoms with Gasteiger partial charge in [-0.15, -0.1) is 5.10 Å². The normalized spacial score (nSPS) is 13.7. The van der Waals surface area contributed by atoms with Crippen molar-refractivity contribution in [3.8, 4) is 11.8 Å². The number of rotatable bonds is 8. The third-order valence-electron chi connectivity index (χ3n) is 5.10. The number of carbonyl (C=O) groups excluding carboxylic acids is 1. The molecule has 1 heterocycles. The first kappa shape index (κ1) is 27.5. The summed E-state index contributed by atoms with van der Waals surface area (Å²) in [6.45, 7) is 2.08. The number of aromatic nitrogens is 2. The number of nitrogens with one attached hydrogen (secondary N) is 1. The zero-order valence-corrected chi connectivity index (χ0v) is 20.3. The number of benzene rings is 1. The highest BCUT2D eigenvalue weighted by Gasteiger charge is 2.13. The fourth-order valence-corrected chi connectivity index (χ4v) is 3.45. The fourth-order valence-electron chi connectivity index (χ4n) is 3.45. The number of aryl methyl sites for hydroxylation is 1. The van der Waals surface area contributed by atoms with E-state index >= 15 is 0 Å². The van der Waals surface area contributed by atoms with Crippen LogP contribution in [0.4, 0.5) is 0 Å². The van der Waals surface area contributed by atoms with Crippen molar-refractivity contribution in [1.29, 1.82) is 5.26 Å². The average molecular weight is 483 g/mol. The van der Waals surface area contributed by atoms with Crippen LogP contribution in [0.1, 0.15) is 59.7 Å². The van der Waals surface area contributed by atoms with Crippen LogP contribution in [-0.2, 0) is 6.54 Å². The van der Waals surface area contributed by atoms with E-state index in [1.54, 1.807) is 19.1 Å². The molecule has 1 aromatic carbocycles. The molecule has 11 heteroatoms. The number of aliphatic hydroxyl groups excluding tert-OH is 1. The lowest BCUT2D eigenvalue weighted by Gasteiger charge is -2.13. The summed E-state index contributed by atoms with van der Waals surface area (Å²) in [5.74, 6) is 6.53. The molecule has 2 aromatic rings. The summed E-state index contributed by atoms with van der Waals surface area (Å²) >= 11 is 0. The maximum atomic E-state index is 12.4. The number of amides is 1. The van der Waals surface area contributed by atoms with Gasteiger partial charge in [-0.2, -0.15) is 5.26 Å². The van der Waals surface area contributed by atoms with Crippen molar-refractivity contribution in [2.24, 2.45) is 22.6 Å². The molecule has 0 unspecified atom stereocenters. The Morgan fingerprint density at radius 2 is 2.00 bits per heavy atom. The molecule has 1 aliphatic rings. The van der Waals surface area contributed by atoms with Gasteiger partial charge in [-0.1, -0.05) is 31.4 Å². The minimum Gasteiger partial charge on any atom is -0.491 e. The molecule has 6 N–H and O–H groups in total. The lowest BCUT2D eigenvalue weighted by molar-refractivity contribution is 0.0945. The first-order valence-corrected chi connectivity index (χ1v) is 11.5. The topological polar surface area (TPSA) is 176 Å². The van der Waals surface area contributed by atoms with Crippen LogP contribution in [-0.4, -0.2) is 52.2 Å².